The second-order valence-electron chi connectivity index (χ2n) is 8.92. The van der Waals surface area contributed by atoms with Crippen LogP contribution in [0.2, 0.25) is 0 Å². The Kier molecular flexibility index (Phi) is 6.04. The number of fused-ring (bicyclic) bond motifs is 5. The first kappa shape index (κ1) is 24.6. The van der Waals surface area contributed by atoms with Gasteiger partial charge in [0.05, 0.1) is 30.4 Å². The summed E-state index contributed by atoms with van der Waals surface area (Å²) >= 11 is 0. The Morgan fingerprint density at radius 2 is 1.92 bits per heavy atom. The third kappa shape index (κ3) is 4.71. The number of nitrogens with one attached hydrogen (secondary N) is 1. The molecule has 0 spiro atoms. The van der Waals surface area contributed by atoms with E-state index in [0.717, 1.165) is 29.2 Å². The van der Waals surface area contributed by atoms with Gasteiger partial charge in [0.15, 0.2) is 17.4 Å². The van der Waals surface area contributed by atoms with Crippen molar-refractivity contribution in [1.82, 2.24) is 24.5 Å². The number of benzene rings is 1. The van der Waals surface area contributed by atoms with Crippen molar-refractivity contribution in [2.24, 2.45) is 0 Å². The van der Waals surface area contributed by atoms with Crippen molar-refractivity contribution in [3.63, 3.8) is 0 Å². The standard InChI is InChI=1S/C26H21F3N6O4/c1-37-19-12-30-23-20-21(14-4-5-14)31-13-32-24(20)39-10-9-38-18-11-15(6-7-17(18)33-22(19)34-23)35-8-2-3-16(25(35)36)26(27,28)29/h2-3,6-8,11-14H,4-5,9-10H2,1H3,(H,30,33,34). The maximum absolute atomic E-state index is 13.3. The molecule has 200 valence electrons. The fourth-order valence-electron chi connectivity index (χ4n) is 4.31. The van der Waals surface area contributed by atoms with Gasteiger partial charge in [-0.1, -0.05) is 0 Å². The monoisotopic (exact) mass is 538 g/mol. The zero-order valence-electron chi connectivity index (χ0n) is 20.5. The highest BCUT2D eigenvalue weighted by Crippen LogP contribution is 2.45. The first-order chi connectivity index (χ1) is 18.8. The number of alkyl halides is 3. The van der Waals surface area contributed by atoms with E-state index in [9.17, 15) is 18.0 Å². The Labute approximate surface area is 219 Å². The van der Waals surface area contributed by atoms with Gasteiger partial charge in [-0.05, 0) is 37.1 Å². The Bertz CT molecular complexity index is 1620. The molecule has 39 heavy (non-hydrogen) atoms. The van der Waals surface area contributed by atoms with E-state index in [1.807, 2.05) is 0 Å². The number of nitrogens with zero attached hydrogens (tertiary/aromatic N) is 5. The quantitative estimate of drug-likeness (QED) is 0.403. The van der Waals surface area contributed by atoms with Gasteiger partial charge in [0.1, 0.15) is 36.4 Å². The molecule has 4 aromatic rings. The molecule has 1 aliphatic carbocycles. The van der Waals surface area contributed by atoms with Crippen LogP contribution in [0.15, 0.2) is 53.8 Å². The molecule has 0 unspecified atom stereocenters. The van der Waals surface area contributed by atoms with Gasteiger partial charge in [-0.2, -0.15) is 13.2 Å². The Morgan fingerprint density at radius 1 is 1.10 bits per heavy atom. The van der Waals surface area contributed by atoms with Gasteiger partial charge in [0, 0.05) is 18.2 Å². The second-order valence-corrected chi connectivity index (χ2v) is 8.92. The summed E-state index contributed by atoms with van der Waals surface area (Å²) in [6, 6.07) is 6.46. The van der Waals surface area contributed by atoms with E-state index in [-0.39, 0.29) is 30.6 Å². The highest BCUT2D eigenvalue weighted by molar-refractivity contribution is 5.73. The number of anilines is 2. The van der Waals surface area contributed by atoms with Gasteiger partial charge in [-0.25, -0.2) is 19.9 Å². The number of methoxy groups -OCH3 is 1. The maximum atomic E-state index is 13.3. The highest BCUT2D eigenvalue weighted by Gasteiger charge is 2.35. The zero-order chi connectivity index (χ0) is 27.1. The number of halogens is 3. The number of ether oxygens (including phenoxy) is 3. The minimum atomic E-state index is -4.79. The summed E-state index contributed by atoms with van der Waals surface area (Å²) < 4.78 is 58.3. The molecule has 1 saturated carbocycles. The zero-order valence-corrected chi connectivity index (χ0v) is 20.5. The number of pyridine rings is 1. The van der Waals surface area contributed by atoms with Gasteiger partial charge in [-0.3, -0.25) is 9.36 Å². The van der Waals surface area contributed by atoms with Crippen molar-refractivity contribution in [3.8, 4) is 34.5 Å². The van der Waals surface area contributed by atoms with Gasteiger partial charge in [-0.15, -0.1) is 0 Å². The molecule has 10 nitrogen and oxygen atoms in total. The number of hydrogen-bond acceptors (Lipinski definition) is 9. The van der Waals surface area contributed by atoms with E-state index in [0.29, 0.717) is 34.5 Å². The molecule has 1 fully saturated rings. The lowest BCUT2D eigenvalue weighted by atomic mass is 10.1. The summed E-state index contributed by atoms with van der Waals surface area (Å²) in [6.07, 6.45) is 1.43. The number of hydrogen-bond donors (Lipinski definition) is 1. The van der Waals surface area contributed by atoms with Crippen molar-refractivity contribution in [1.29, 1.82) is 0 Å². The van der Waals surface area contributed by atoms with Crippen LogP contribution >= 0.6 is 0 Å². The van der Waals surface area contributed by atoms with Crippen LogP contribution in [0.3, 0.4) is 0 Å². The molecule has 0 atom stereocenters. The van der Waals surface area contributed by atoms with Crippen LogP contribution in [0, 0.1) is 0 Å². The lowest BCUT2D eigenvalue weighted by Crippen LogP contribution is -2.27. The molecule has 2 bridgehead atoms. The van der Waals surface area contributed by atoms with Crippen LogP contribution in [0.5, 0.6) is 17.4 Å². The normalized spacial score (nSPS) is 14.9. The van der Waals surface area contributed by atoms with Crippen LogP contribution in [0.4, 0.5) is 24.7 Å². The van der Waals surface area contributed by atoms with Crippen molar-refractivity contribution in [2.75, 3.05) is 25.6 Å². The van der Waals surface area contributed by atoms with Crippen LogP contribution in [0.1, 0.15) is 30.0 Å². The fraction of sp³-hybridized carbons (Fsp3) is 0.269. The highest BCUT2D eigenvalue weighted by atomic mass is 19.4. The Balaban J connectivity index is 1.45. The molecule has 2 aliphatic rings. The summed E-state index contributed by atoms with van der Waals surface area (Å²) in [7, 11) is 1.48. The minimum Gasteiger partial charge on any atom is -0.491 e. The Hall–Kier alpha value is -4.68. The predicted molar refractivity (Wildman–Crippen MR) is 133 cm³/mol. The van der Waals surface area contributed by atoms with E-state index in [1.165, 1.54) is 44.0 Å². The molecule has 3 aromatic heterocycles. The summed E-state index contributed by atoms with van der Waals surface area (Å²) in [5, 5.41) is 3.17. The molecular weight excluding hydrogens is 517 g/mol. The topological polar surface area (TPSA) is 113 Å². The van der Waals surface area contributed by atoms with E-state index < -0.39 is 17.3 Å². The molecule has 0 saturated heterocycles. The van der Waals surface area contributed by atoms with E-state index in [1.54, 1.807) is 6.07 Å². The fourth-order valence-corrected chi connectivity index (χ4v) is 4.31. The van der Waals surface area contributed by atoms with E-state index in [2.05, 4.69) is 25.3 Å². The summed E-state index contributed by atoms with van der Waals surface area (Å²) in [4.78, 5) is 30.5. The largest absolute Gasteiger partial charge is 0.491 e. The third-order valence-corrected chi connectivity index (χ3v) is 6.33. The van der Waals surface area contributed by atoms with Gasteiger partial charge in [0.25, 0.3) is 5.56 Å². The lowest BCUT2D eigenvalue weighted by molar-refractivity contribution is -0.138. The Morgan fingerprint density at radius 3 is 2.69 bits per heavy atom. The van der Waals surface area contributed by atoms with Gasteiger partial charge in [0.2, 0.25) is 5.88 Å². The molecule has 1 N–H and O–H groups in total. The summed E-state index contributed by atoms with van der Waals surface area (Å²) in [5.41, 5.74) is -0.429. The molecule has 13 heteroatoms. The maximum Gasteiger partial charge on any atom is 0.421 e. The molecule has 1 aromatic carbocycles. The first-order valence-corrected chi connectivity index (χ1v) is 12.1. The molecular formula is C26H21F3N6O4. The molecule has 0 radical (unpaired) electrons. The summed E-state index contributed by atoms with van der Waals surface area (Å²) in [5.74, 6) is 1.85. The van der Waals surface area contributed by atoms with Crippen LogP contribution < -0.4 is 25.1 Å². The van der Waals surface area contributed by atoms with E-state index in [4.69, 9.17) is 14.2 Å². The average molecular weight is 538 g/mol. The third-order valence-electron chi connectivity index (χ3n) is 6.33. The van der Waals surface area contributed by atoms with Crippen molar-refractivity contribution < 1.29 is 27.4 Å². The van der Waals surface area contributed by atoms with Gasteiger partial charge < -0.3 is 19.5 Å². The smallest absolute Gasteiger partial charge is 0.421 e. The van der Waals surface area contributed by atoms with Crippen molar-refractivity contribution in [3.05, 3.63) is 70.7 Å². The van der Waals surface area contributed by atoms with Crippen LogP contribution in [0.25, 0.3) is 17.1 Å². The van der Waals surface area contributed by atoms with E-state index >= 15 is 0 Å². The minimum absolute atomic E-state index is 0.0732. The van der Waals surface area contributed by atoms with Crippen molar-refractivity contribution >= 4 is 11.5 Å². The molecule has 4 heterocycles. The number of aromatic nitrogens is 5. The summed E-state index contributed by atoms with van der Waals surface area (Å²) in [6.45, 7) is 0.175. The van der Waals surface area contributed by atoms with Crippen molar-refractivity contribution in [2.45, 2.75) is 24.9 Å². The SMILES string of the molecule is COc1cnc2nc1Nc1ccc(-n3cccc(C(F)(F)F)c3=O)cc1OCCOc1ncnc(C3CC3)c1-2. The average Bonchev–Trinajstić information content (AvgIpc) is 3.76. The first-order valence-electron chi connectivity index (χ1n) is 12.1. The van der Waals surface area contributed by atoms with Gasteiger partial charge >= 0.3 is 6.18 Å². The lowest BCUT2D eigenvalue weighted by Gasteiger charge is -2.19. The molecule has 6 rings (SSSR count). The predicted octanol–water partition coefficient (Wildman–Crippen LogP) is 4.50. The number of rotatable bonds is 3. The molecule has 1 aliphatic heterocycles. The van der Waals surface area contributed by atoms with Crippen LogP contribution in [-0.2, 0) is 6.18 Å². The molecule has 0 amide bonds. The second kappa shape index (κ2) is 9.57. The van der Waals surface area contributed by atoms with Crippen LogP contribution in [-0.4, -0.2) is 44.8 Å².